The summed E-state index contributed by atoms with van der Waals surface area (Å²) in [6.45, 7) is 14.4. The van der Waals surface area contributed by atoms with E-state index in [0.29, 0.717) is 24.0 Å². The number of hydrogen-bond acceptors (Lipinski definition) is 3. The van der Waals surface area contributed by atoms with Crippen LogP contribution in [0.5, 0.6) is 0 Å². The Morgan fingerprint density at radius 1 is 0.909 bits per heavy atom. The Balaban J connectivity index is 2.10. The lowest BCUT2D eigenvalue weighted by molar-refractivity contribution is 0.0929. The molecule has 2 aromatic rings. The fraction of sp³-hybridized carbons (Fsp3) is 0.517. The highest BCUT2D eigenvalue weighted by Gasteiger charge is 2.51. The third-order valence-corrected chi connectivity index (χ3v) is 9.29. The molecule has 33 heavy (non-hydrogen) atoms. The van der Waals surface area contributed by atoms with Gasteiger partial charge < -0.3 is 0 Å². The van der Waals surface area contributed by atoms with E-state index in [2.05, 4.69) is 20.8 Å². The van der Waals surface area contributed by atoms with Crippen LogP contribution in [0.3, 0.4) is 0 Å². The molecule has 177 valence electrons. The number of ketones is 1. The predicted molar refractivity (Wildman–Crippen MR) is 137 cm³/mol. The van der Waals surface area contributed by atoms with E-state index in [1.807, 2.05) is 58.0 Å². The molecular formula is C29H38O3P. The van der Waals surface area contributed by atoms with Crippen LogP contribution in [0.1, 0.15) is 109 Å². The molecule has 0 saturated heterocycles. The van der Waals surface area contributed by atoms with Gasteiger partial charge in [-0.2, -0.15) is 0 Å². The van der Waals surface area contributed by atoms with E-state index < -0.39 is 13.0 Å². The van der Waals surface area contributed by atoms with E-state index in [1.54, 1.807) is 0 Å². The van der Waals surface area contributed by atoms with Gasteiger partial charge in [-0.25, -0.2) is 0 Å². The first-order valence-electron chi connectivity index (χ1n) is 12.3. The summed E-state index contributed by atoms with van der Waals surface area (Å²) >= 11 is 0. The summed E-state index contributed by atoms with van der Waals surface area (Å²) in [5.74, 6) is -0.0784. The van der Waals surface area contributed by atoms with Gasteiger partial charge in [0.25, 0.3) is 0 Å². The molecule has 0 aliphatic heterocycles. The normalized spacial score (nSPS) is 16.0. The summed E-state index contributed by atoms with van der Waals surface area (Å²) in [5.41, 5.74) is 5.66. The SMILES string of the molecule is CCc1cccc(CC)c1C(=O)C1([P](=O)C(=O)c2c(C)cc(C(C)(C)C)cc2C)CCCC1. The molecule has 2 aromatic carbocycles. The van der Waals surface area contributed by atoms with Crippen LogP contribution in [-0.2, 0) is 22.8 Å². The molecule has 0 amide bonds. The van der Waals surface area contributed by atoms with Gasteiger partial charge in [-0.05, 0) is 72.8 Å². The number of rotatable bonds is 7. The van der Waals surface area contributed by atoms with Crippen molar-refractivity contribution in [1.29, 1.82) is 0 Å². The van der Waals surface area contributed by atoms with Gasteiger partial charge in [-0.15, -0.1) is 0 Å². The Morgan fingerprint density at radius 3 is 1.82 bits per heavy atom. The zero-order valence-electron chi connectivity index (χ0n) is 21.3. The molecule has 0 heterocycles. The van der Waals surface area contributed by atoms with Crippen molar-refractivity contribution < 1.29 is 14.2 Å². The third kappa shape index (κ3) is 4.62. The Hall–Kier alpha value is -2.12. The van der Waals surface area contributed by atoms with E-state index >= 15 is 0 Å². The van der Waals surface area contributed by atoms with Crippen LogP contribution >= 0.6 is 7.80 Å². The van der Waals surface area contributed by atoms with Gasteiger partial charge >= 0.3 is 0 Å². The fourth-order valence-corrected chi connectivity index (χ4v) is 7.24. The second kappa shape index (κ2) is 9.63. The summed E-state index contributed by atoms with van der Waals surface area (Å²) in [4.78, 5) is 27.9. The first-order valence-corrected chi connectivity index (χ1v) is 13.5. The molecule has 0 N–H and O–H groups in total. The fourth-order valence-electron chi connectivity index (χ4n) is 5.28. The van der Waals surface area contributed by atoms with Crippen molar-refractivity contribution in [2.24, 2.45) is 0 Å². The Morgan fingerprint density at radius 2 is 1.39 bits per heavy atom. The summed E-state index contributed by atoms with van der Waals surface area (Å²) in [7, 11) is -2.41. The molecule has 1 fully saturated rings. The average Bonchev–Trinajstić information content (AvgIpc) is 3.27. The first kappa shape index (κ1) is 25.5. The van der Waals surface area contributed by atoms with Crippen LogP contribution in [0.2, 0.25) is 0 Å². The minimum absolute atomic E-state index is 0.0393. The van der Waals surface area contributed by atoms with Gasteiger partial charge in [0.15, 0.2) is 13.6 Å². The Kier molecular flexibility index (Phi) is 7.44. The maximum atomic E-state index is 14.1. The van der Waals surface area contributed by atoms with Crippen molar-refractivity contribution in [2.75, 3.05) is 0 Å². The molecule has 0 aromatic heterocycles. The molecule has 1 saturated carbocycles. The minimum atomic E-state index is -2.41. The number of carbonyl (C=O) groups excluding carboxylic acids is 2. The van der Waals surface area contributed by atoms with E-state index in [-0.39, 0.29) is 16.7 Å². The molecule has 3 nitrogen and oxygen atoms in total. The van der Waals surface area contributed by atoms with E-state index in [0.717, 1.165) is 53.5 Å². The summed E-state index contributed by atoms with van der Waals surface area (Å²) in [6, 6.07) is 10.0. The zero-order valence-corrected chi connectivity index (χ0v) is 22.2. The molecular weight excluding hydrogens is 427 g/mol. The topological polar surface area (TPSA) is 51.2 Å². The minimum Gasteiger partial charge on any atom is -0.293 e. The van der Waals surface area contributed by atoms with Crippen LogP contribution < -0.4 is 0 Å². The highest BCUT2D eigenvalue weighted by atomic mass is 31.1. The molecule has 1 aliphatic carbocycles. The van der Waals surface area contributed by atoms with Gasteiger partial charge in [-0.3, -0.25) is 14.2 Å². The second-order valence-corrected chi connectivity index (χ2v) is 12.4. The van der Waals surface area contributed by atoms with Gasteiger partial charge in [-0.1, -0.05) is 77.8 Å². The van der Waals surface area contributed by atoms with E-state index in [4.69, 9.17) is 0 Å². The van der Waals surface area contributed by atoms with Crippen LogP contribution in [0.25, 0.3) is 0 Å². The van der Waals surface area contributed by atoms with Crippen molar-refractivity contribution >= 4 is 19.1 Å². The summed E-state index contributed by atoms with van der Waals surface area (Å²) in [5, 5.41) is -1.09. The number of aryl methyl sites for hydroxylation is 4. The van der Waals surface area contributed by atoms with Gasteiger partial charge in [0, 0.05) is 11.1 Å². The Labute approximate surface area is 200 Å². The lowest BCUT2D eigenvalue weighted by Crippen LogP contribution is -2.35. The molecule has 1 aliphatic rings. The van der Waals surface area contributed by atoms with Crippen molar-refractivity contribution in [3.8, 4) is 0 Å². The molecule has 4 heteroatoms. The summed E-state index contributed by atoms with van der Waals surface area (Å²) in [6.07, 6.45) is 4.18. The number of Topliss-reactive ketones (excluding diaryl/α,β-unsaturated/α-hetero) is 1. The standard InChI is InChI=1S/C29H38O3P/c1-8-21-13-12-14-22(9-2)25(21)26(30)29(15-10-11-16-29)33(32)27(31)24-19(3)17-23(18-20(24)4)28(5,6)7/h12-14,17-18H,8-11,15-16H2,1-7H3. The Bertz CT molecular complexity index is 1050. The quantitative estimate of drug-likeness (QED) is 0.309. The number of hydrogen-bond donors (Lipinski definition) is 0. The second-order valence-electron chi connectivity index (χ2n) is 10.6. The molecule has 1 radical (unpaired) electrons. The maximum Gasteiger partial charge on any atom is 0.243 e. The van der Waals surface area contributed by atoms with Gasteiger partial charge in [0.2, 0.25) is 5.52 Å². The average molecular weight is 466 g/mol. The van der Waals surface area contributed by atoms with Crippen molar-refractivity contribution in [1.82, 2.24) is 0 Å². The zero-order chi connectivity index (χ0) is 24.6. The molecule has 0 spiro atoms. The van der Waals surface area contributed by atoms with Crippen LogP contribution in [0.15, 0.2) is 30.3 Å². The number of benzene rings is 2. The lowest BCUT2D eigenvalue weighted by Gasteiger charge is -2.28. The van der Waals surface area contributed by atoms with E-state index in [1.165, 1.54) is 0 Å². The highest BCUT2D eigenvalue weighted by Crippen LogP contribution is 2.55. The third-order valence-electron chi connectivity index (χ3n) is 7.27. The molecule has 1 atom stereocenters. The van der Waals surface area contributed by atoms with Crippen LogP contribution in [-0.4, -0.2) is 16.5 Å². The van der Waals surface area contributed by atoms with Gasteiger partial charge in [0.1, 0.15) is 5.16 Å². The van der Waals surface area contributed by atoms with Crippen molar-refractivity contribution in [3.63, 3.8) is 0 Å². The monoisotopic (exact) mass is 465 g/mol. The highest BCUT2D eigenvalue weighted by molar-refractivity contribution is 7.67. The van der Waals surface area contributed by atoms with E-state index in [9.17, 15) is 14.2 Å². The van der Waals surface area contributed by atoms with Gasteiger partial charge in [0.05, 0.1) is 0 Å². The summed E-state index contributed by atoms with van der Waals surface area (Å²) < 4.78 is 14.0. The van der Waals surface area contributed by atoms with Crippen molar-refractivity contribution in [2.45, 2.75) is 97.6 Å². The predicted octanol–water partition coefficient (Wildman–Crippen LogP) is 7.89. The van der Waals surface area contributed by atoms with Crippen LogP contribution in [0.4, 0.5) is 0 Å². The largest absolute Gasteiger partial charge is 0.293 e. The molecule has 1 unspecified atom stereocenters. The maximum absolute atomic E-state index is 14.1. The first-order chi connectivity index (χ1) is 15.5. The van der Waals surface area contributed by atoms with Crippen LogP contribution in [0, 0.1) is 13.8 Å². The number of carbonyl (C=O) groups is 2. The molecule has 3 rings (SSSR count). The van der Waals surface area contributed by atoms with Crippen molar-refractivity contribution in [3.05, 3.63) is 69.3 Å². The molecule has 0 bridgehead atoms. The lowest BCUT2D eigenvalue weighted by atomic mass is 9.84. The smallest absolute Gasteiger partial charge is 0.243 e.